The number of nitriles is 1. The van der Waals surface area contributed by atoms with Gasteiger partial charge < -0.3 is 4.74 Å². The summed E-state index contributed by atoms with van der Waals surface area (Å²) in [6.07, 6.45) is 0. The van der Waals surface area contributed by atoms with Gasteiger partial charge in [-0.1, -0.05) is 12.1 Å². The Hall–Kier alpha value is -1.86. The predicted octanol–water partition coefficient (Wildman–Crippen LogP) is 2.21. The molecule has 0 saturated carbocycles. The third-order valence-corrected chi connectivity index (χ3v) is 2.78. The Labute approximate surface area is 104 Å². The largest absolute Gasteiger partial charge is 0.465 e. The van der Waals surface area contributed by atoms with Crippen molar-refractivity contribution >= 4 is 23.4 Å². The normalized spacial score (nSPS) is 11.4. The minimum Gasteiger partial charge on any atom is -0.465 e. The van der Waals surface area contributed by atoms with Crippen LogP contribution < -0.4 is 0 Å². The molecule has 0 N–H and O–H groups in total. The number of alkyl halides is 1. The standard InChI is InChI=1S/C12H10ClNO3/c1-7(15)11(13)9-5-3-4-8(6-14)10(9)12(16)17-2/h3-5,11H,1-2H3. The molecule has 0 aromatic heterocycles. The lowest BCUT2D eigenvalue weighted by Gasteiger charge is -2.12. The molecule has 1 rings (SSSR count). The molecule has 4 nitrogen and oxygen atoms in total. The van der Waals surface area contributed by atoms with Gasteiger partial charge in [0.1, 0.15) is 11.4 Å². The van der Waals surface area contributed by atoms with Crippen molar-refractivity contribution in [1.82, 2.24) is 0 Å². The van der Waals surface area contributed by atoms with E-state index in [1.807, 2.05) is 6.07 Å². The number of benzene rings is 1. The molecule has 0 heterocycles. The molecule has 0 radical (unpaired) electrons. The number of halogens is 1. The van der Waals surface area contributed by atoms with Crippen LogP contribution in [-0.4, -0.2) is 18.9 Å². The van der Waals surface area contributed by atoms with Gasteiger partial charge in [0.25, 0.3) is 0 Å². The number of carbonyl (C=O) groups is 2. The van der Waals surface area contributed by atoms with Crippen molar-refractivity contribution in [2.45, 2.75) is 12.3 Å². The molecule has 1 unspecified atom stereocenters. The average molecular weight is 252 g/mol. The summed E-state index contributed by atoms with van der Waals surface area (Å²) in [5, 5.41) is 7.96. The van der Waals surface area contributed by atoms with E-state index >= 15 is 0 Å². The SMILES string of the molecule is COC(=O)c1c(C#N)cccc1C(Cl)C(C)=O. The second-order valence-corrected chi connectivity index (χ2v) is 3.78. The van der Waals surface area contributed by atoms with Crippen LogP contribution in [0.3, 0.4) is 0 Å². The second-order valence-electron chi connectivity index (χ2n) is 3.35. The quantitative estimate of drug-likeness (QED) is 0.610. The van der Waals surface area contributed by atoms with E-state index in [-0.39, 0.29) is 16.9 Å². The summed E-state index contributed by atoms with van der Waals surface area (Å²) in [4.78, 5) is 22.8. The molecule has 0 aliphatic carbocycles. The second kappa shape index (κ2) is 5.46. The number of methoxy groups -OCH3 is 1. The number of rotatable bonds is 3. The van der Waals surface area contributed by atoms with Gasteiger partial charge in [-0.2, -0.15) is 5.26 Å². The lowest BCUT2D eigenvalue weighted by Crippen LogP contribution is -2.12. The molecule has 17 heavy (non-hydrogen) atoms. The van der Waals surface area contributed by atoms with Gasteiger partial charge >= 0.3 is 5.97 Å². The zero-order valence-corrected chi connectivity index (χ0v) is 10.1. The molecule has 0 amide bonds. The van der Waals surface area contributed by atoms with E-state index in [9.17, 15) is 9.59 Å². The lowest BCUT2D eigenvalue weighted by molar-refractivity contribution is -0.116. The van der Waals surface area contributed by atoms with Crippen molar-refractivity contribution < 1.29 is 14.3 Å². The zero-order valence-electron chi connectivity index (χ0n) is 9.36. The molecular weight excluding hydrogens is 242 g/mol. The van der Waals surface area contributed by atoms with Crippen LogP contribution >= 0.6 is 11.6 Å². The predicted molar refractivity (Wildman–Crippen MR) is 61.8 cm³/mol. The number of carbonyl (C=O) groups excluding carboxylic acids is 2. The highest BCUT2D eigenvalue weighted by atomic mass is 35.5. The molecule has 0 aliphatic rings. The van der Waals surface area contributed by atoms with Crippen LogP contribution in [0, 0.1) is 11.3 Å². The summed E-state index contributed by atoms with van der Waals surface area (Å²) in [6.45, 7) is 1.32. The summed E-state index contributed by atoms with van der Waals surface area (Å²) in [5.74, 6) is -0.976. The first-order valence-electron chi connectivity index (χ1n) is 4.78. The molecular formula is C12H10ClNO3. The number of esters is 1. The van der Waals surface area contributed by atoms with Gasteiger partial charge in [0.15, 0.2) is 5.78 Å². The van der Waals surface area contributed by atoms with Crippen molar-refractivity contribution in [1.29, 1.82) is 5.26 Å². The Morgan fingerprint density at radius 2 is 2.12 bits per heavy atom. The van der Waals surface area contributed by atoms with Gasteiger partial charge in [0.2, 0.25) is 0 Å². The van der Waals surface area contributed by atoms with Crippen molar-refractivity contribution in [2.24, 2.45) is 0 Å². The summed E-state index contributed by atoms with van der Waals surface area (Å²) < 4.78 is 4.59. The third kappa shape index (κ3) is 2.63. The summed E-state index contributed by atoms with van der Waals surface area (Å²) in [6, 6.07) is 6.45. The van der Waals surface area contributed by atoms with Crippen molar-refractivity contribution in [2.75, 3.05) is 7.11 Å². The number of ether oxygens (including phenoxy) is 1. The maximum atomic E-state index is 11.6. The fourth-order valence-corrected chi connectivity index (χ4v) is 1.61. The first-order chi connectivity index (χ1) is 8.02. The first-order valence-corrected chi connectivity index (χ1v) is 5.22. The van der Waals surface area contributed by atoms with Gasteiger partial charge in [-0.25, -0.2) is 4.79 Å². The molecule has 1 aromatic rings. The van der Waals surface area contributed by atoms with Crippen LogP contribution in [0.5, 0.6) is 0 Å². The van der Waals surface area contributed by atoms with Crippen molar-refractivity contribution in [3.63, 3.8) is 0 Å². The van der Waals surface area contributed by atoms with Crippen LogP contribution in [0.25, 0.3) is 0 Å². The molecule has 1 atom stereocenters. The summed E-state index contributed by atoms with van der Waals surface area (Å²) in [5.41, 5.74) is 0.485. The maximum absolute atomic E-state index is 11.6. The van der Waals surface area contributed by atoms with Gasteiger partial charge in [-0.05, 0) is 18.6 Å². The fourth-order valence-electron chi connectivity index (χ4n) is 1.42. The van der Waals surface area contributed by atoms with Crippen molar-refractivity contribution in [3.8, 4) is 6.07 Å². The molecule has 0 saturated heterocycles. The molecule has 0 fully saturated rings. The molecule has 0 bridgehead atoms. The van der Waals surface area contributed by atoms with Crippen LogP contribution in [0.4, 0.5) is 0 Å². The Balaban J connectivity index is 3.45. The highest BCUT2D eigenvalue weighted by molar-refractivity contribution is 6.31. The van der Waals surface area contributed by atoms with Gasteiger partial charge in [0.05, 0.1) is 18.2 Å². The van der Waals surface area contributed by atoms with E-state index in [1.165, 1.54) is 26.2 Å². The summed E-state index contributed by atoms with van der Waals surface area (Å²) >= 11 is 5.91. The minimum atomic E-state index is -0.961. The van der Waals surface area contributed by atoms with E-state index in [0.29, 0.717) is 5.56 Å². The Morgan fingerprint density at radius 1 is 1.47 bits per heavy atom. The molecule has 5 heteroatoms. The number of nitrogens with zero attached hydrogens (tertiary/aromatic N) is 1. The Bertz CT molecular complexity index is 505. The molecule has 0 aliphatic heterocycles. The van der Waals surface area contributed by atoms with E-state index in [2.05, 4.69) is 4.74 Å². The van der Waals surface area contributed by atoms with Crippen LogP contribution in [-0.2, 0) is 9.53 Å². The van der Waals surface area contributed by atoms with Gasteiger partial charge in [-0.15, -0.1) is 11.6 Å². The van der Waals surface area contributed by atoms with Crippen molar-refractivity contribution in [3.05, 3.63) is 34.9 Å². The average Bonchev–Trinajstić information content (AvgIpc) is 2.35. The number of Topliss-reactive ketones (excluding diaryl/α,β-unsaturated/α-hetero) is 1. The highest BCUT2D eigenvalue weighted by Gasteiger charge is 2.24. The van der Waals surface area contributed by atoms with E-state index < -0.39 is 11.3 Å². The third-order valence-electron chi connectivity index (χ3n) is 2.24. The molecule has 0 spiro atoms. The van der Waals surface area contributed by atoms with Crippen LogP contribution in [0.2, 0.25) is 0 Å². The van der Waals surface area contributed by atoms with Gasteiger partial charge in [0, 0.05) is 0 Å². The van der Waals surface area contributed by atoms with Crippen LogP contribution in [0.1, 0.15) is 33.8 Å². The lowest BCUT2D eigenvalue weighted by atomic mass is 9.97. The zero-order chi connectivity index (χ0) is 13.0. The fraction of sp³-hybridized carbons (Fsp3) is 0.250. The van der Waals surface area contributed by atoms with Crippen LogP contribution in [0.15, 0.2) is 18.2 Å². The maximum Gasteiger partial charge on any atom is 0.339 e. The molecule has 88 valence electrons. The number of ketones is 1. The number of hydrogen-bond donors (Lipinski definition) is 0. The Kier molecular flexibility index (Phi) is 4.24. The Morgan fingerprint density at radius 3 is 2.59 bits per heavy atom. The minimum absolute atomic E-state index is 0.0488. The first kappa shape index (κ1) is 13.2. The topological polar surface area (TPSA) is 67.2 Å². The summed E-state index contributed by atoms with van der Waals surface area (Å²) in [7, 11) is 1.21. The highest BCUT2D eigenvalue weighted by Crippen LogP contribution is 2.27. The van der Waals surface area contributed by atoms with Gasteiger partial charge in [-0.3, -0.25) is 4.79 Å². The number of hydrogen-bond acceptors (Lipinski definition) is 4. The van der Waals surface area contributed by atoms with E-state index in [4.69, 9.17) is 16.9 Å². The smallest absolute Gasteiger partial charge is 0.339 e. The van der Waals surface area contributed by atoms with E-state index in [1.54, 1.807) is 6.07 Å². The van der Waals surface area contributed by atoms with E-state index in [0.717, 1.165) is 0 Å². The molecule has 1 aromatic carbocycles. The monoisotopic (exact) mass is 251 g/mol.